The van der Waals surface area contributed by atoms with Crippen LogP contribution in [0.4, 0.5) is 4.39 Å². The van der Waals surface area contributed by atoms with Crippen LogP contribution in [-0.2, 0) is 6.54 Å². The van der Waals surface area contributed by atoms with Crippen molar-refractivity contribution in [3.05, 3.63) is 99.6 Å². The Balaban J connectivity index is 1.87. The summed E-state index contributed by atoms with van der Waals surface area (Å²) in [5, 5.41) is 9.51. The predicted octanol–water partition coefficient (Wildman–Crippen LogP) is 4.55. The summed E-state index contributed by atoms with van der Waals surface area (Å²) in [6.07, 6.45) is 0. The van der Waals surface area contributed by atoms with Crippen molar-refractivity contribution in [2.45, 2.75) is 6.54 Å². The first-order valence-corrected chi connectivity index (χ1v) is 9.38. The van der Waals surface area contributed by atoms with Crippen LogP contribution in [0, 0.1) is 5.82 Å². The zero-order valence-electron chi connectivity index (χ0n) is 15.1. The van der Waals surface area contributed by atoms with Crippen molar-refractivity contribution in [2.24, 2.45) is 0 Å². The third kappa shape index (κ3) is 2.80. The van der Waals surface area contributed by atoms with Gasteiger partial charge in [-0.3, -0.25) is 13.8 Å². The maximum atomic E-state index is 14.5. The Morgan fingerprint density at radius 1 is 0.897 bits per heavy atom. The summed E-state index contributed by atoms with van der Waals surface area (Å²) < 4.78 is 17.7. The lowest BCUT2D eigenvalue weighted by Gasteiger charge is -2.12. The minimum Gasteiger partial charge on any atom is -0.272 e. The topological polar surface area (TPSA) is 52.2 Å². The quantitative estimate of drug-likeness (QED) is 0.443. The first kappa shape index (κ1) is 17.6. The Hall–Kier alpha value is -3.51. The highest BCUT2D eigenvalue weighted by atomic mass is 35.5. The Morgan fingerprint density at radius 2 is 1.62 bits per heavy atom. The summed E-state index contributed by atoms with van der Waals surface area (Å²) in [4.78, 5) is 13.2. The molecule has 5 rings (SSSR count). The van der Waals surface area contributed by atoms with Crippen LogP contribution in [0.25, 0.3) is 28.1 Å². The SMILES string of the molecule is O=c1c2ccccc2n2c(-c3ccccc3F)nnc2n1Cc1ccccc1Cl. The maximum absolute atomic E-state index is 14.5. The van der Waals surface area contributed by atoms with E-state index in [4.69, 9.17) is 11.6 Å². The first-order valence-electron chi connectivity index (χ1n) is 9.00. The number of hydrogen-bond acceptors (Lipinski definition) is 3. The normalized spacial score (nSPS) is 11.4. The molecule has 0 fully saturated rings. The largest absolute Gasteiger partial charge is 0.272 e. The van der Waals surface area contributed by atoms with Gasteiger partial charge in [-0.1, -0.05) is 54.1 Å². The van der Waals surface area contributed by atoms with E-state index in [1.807, 2.05) is 24.3 Å². The zero-order chi connectivity index (χ0) is 20.0. The fourth-order valence-corrected chi connectivity index (χ4v) is 3.71. The van der Waals surface area contributed by atoms with Crippen LogP contribution in [0.15, 0.2) is 77.6 Å². The summed E-state index contributed by atoms with van der Waals surface area (Å²) >= 11 is 6.31. The Kier molecular flexibility index (Phi) is 4.14. The lowest BCUT2D eigenvalue weighted by atomic mass is 10.2. The van der Waals surface area contributed by atoms with Gasteiger partial charge in [0.1, 0.15) is 5.82 Å². The van der Waals surface area contributed by atoms with Crippen LogP contribution in [0.2, 0.25) is 5.02 Å². The van der Waals surface area contributed by atoms with Crippen molar-refractivity contribution in [3.63, 3.8) is 0 Å². The number of fused-ring (bicyclic) bond motifs is 3. The molecule has 0 aliphatic carbocycles. The van der Waals surface area contributed by atoms with Gasteiger partial charge in [-0.05, 0) is 35.9 Å². The molecule has 0 aliphatic heterocycles. The molecule has 5 aromatic rings. The Morgan fingerprint density at radius 3 is 2.45 bits per heavy atom. The van der Waals surface area contributed by atoms with Gasteiger partial charge in [0.05, 0.1) is 23.0 Å². The van der Waals surface area contributed by atoms with Crippen LogP contribution >= 0.6 is 11.6 Å². The summed E-state index contributed by atoms with van der Waals surface area (Å²) in [6, 6.07) is 20.9. The average Bonchev–Trinajstić information content (AvgIpc) is 3.17. The molecular weight excluding hydrogens is 391 g/mol. The summed E-state index contributed by atoms with van der Waals surface area (Å²) in [5.41, 5.74) is 1.50. The second-order valence-corrected chi connectivity index (χ2v) is 7.05. The Labute approximate surface area is 169 Å². The number of aromatic nitrogens is 4. The molecule has 2 aromatic heterocycles. The van der Waals surface area contributed by atoms with E-state index >= 15 is 0 Å². The zero-order valence-corrected chi connectivity index (χ0v) is 15.8. The van der Waals surface area contributed by atoms with Gasteiger partial charge in [-0.15, -0.1) is 10.2 Å². The third-order valence-electron chi connectivity index (χ3n) is 4.91. The smallest absolute Gasteiger partial charge is 0.263 e. The lowest BCUT2D eigenvalue weighted by molar-refractivity contribution is 0.630. The molecule has 142 valence electrons. The maximum Gasteiger partial charge on any atom is 0.263 e. The number of benzene rings is 3. The molecule has 0 amide bonds. The number of hydrogen-bond donors (Lipinski definition) is 0. The molecule has 0 saturated carbocycles. The highest BCUT2D eigenvalue weighted by Gasteiger charge is 2.19. The van der Waals surface area contributed by atoms with Crippen molar-refractivity contribution in [1.29, 1.82) is 0 Å². The van der Waals surface area contributed by atoms with Crippen LogP contribution in [0.1, 0.15) is 5.56 Å². The van der Waals surface area contributed by atoms with Crippen LogP contribution < -0.4 is 5.56 Å². The molecule has 0 atom stereocenters. The predicted molar refractivity (Wildman–Crippen MR) is 111 cm³/mol. The molecule has 2 heterocycles. The standard InChI is InChI=1S/C22H14ClFN4O/c23-17-10-4-1-7-14(17)13-27-21(29)16-9-3-6-12-19(16)28-20(25-26-22(27)28)15-8-2-5-11-18(15)24/h1-12H,13H2. The van der Waals surface area contributed by atoms with E-state index in [1.54, 1.807) is 46.9 Å². The molecule has 0 spiro atoms. The van der Waals surface area contributed by atoms with E-state index in [0.29, 0.717) is 33.1 Å². The molecule has 0 unspecified atom stereocenters. The number of rotatable bonds is 3. The fourth-order valence-electron chi connectivity index (χ4n) is 3.51. The highest BCUT2D eigenvalue weighted by molar-refractivity contribution is 6.31. The molecule has 5 nitrogen and oxygen atoms in total. The minimum atomic E-state index is -0.408. The molecule has 0 aliphatic rings. The highest BCUT2D eigenvalue weighted by Crippen LogP contribution is 2.25. The van der Waals surface area contributed by atoms with Gasteiger partial charge in [-0.25, -0.2) is 4.39 Å². The molecular formula is C22H14ClFN4O. The molecule has 0 N–H and O–H groups in total. The third-order valence-corrected chi connectivity index (χ3v) is 5.28. The molecule has 3 aromatic carbocycles. The van der Waals surface area contributed by atoms with Gasteiger partial charge in [0.2, 0.25) is 5.78 Å². The molecule has 29 heavy (non-hydrogen) atoms. The van der Waals surface area contributed by atoms with E-state index in [-0.39, 0.29) is 12.1 Å². The van der Waals surface area contributed by atoms with Crippen molar-refractivity contribution >= 4 is 28.3 Å². The van der Waals surface area contributed by atoms with Gasteiger partial charge in [0, 0.05) is 5.02 Å². The monoisotopic (exact) mass is 404 g/mol. The molecule has 0 radical (unpaired) electrons. The number of para-hydroxylation sites is 1. The van der Waals surface area contributed by atoms with E-state index in [9.17, 15) is 9.18 Å². The summed E-state index contributed by atoms with van der Waals surface area (Å²) in [6.45, 7) is 0.224. The van der Waals surface area contributed by atoms with Gasteiger partial charge < -0.3 is 0 Å². The number of halogens is 2. The van der Waals surface area contributed by atoms with Gasteiger partial charge in [0.25, 0.3) is 5.56 Å². The molecule has 7 heteroatoms. The summed E-state index contributed by atoms with van der Waals surface area (Å²) in [5.74, 6) is 0.254. The van der Waals surface area contributed by atoms with Crippen LogP contribution in [-0.4, -0.2) is 19.2 Å². The Bertz CT molecular complexity index is 1440. The van der Waals surface area contributed by atoms with Crippen LogP contribution in [0.5, 0.6) is 0 Å². The van der Waals surface area contributed by atoms with E-state index in [1.165, 1.54) is 10.6 Å². The minimum absolute atomic E-state index is 0.208. The molecule has 0 bridgehead atoms. The van der Waals surface area contributed by atoms with E-state index in [0.717, 1.165) is 5.56 Å². The van der Waals surface area contributed by atoms with Crippen LogP contribution in [0.3, 0.4) is 0 Å². The molecule has 0 saturated heterocycles. The second-order valence-electron chi connectivity index (χ2n) is 6.64. The van der Waals surface area contributed by atoms with Gasteiger partial charge in [0.15, 0.2) is 5.82 Å². The van der Waals surface area contributed by atoms with E-state index < -0.39 is 5.82 Å². The first-order chi connectivity index (χ1) is 14.1. The van der Waals surface area contributed by atoms with Crippen molar-refractivity contribution < 1.29 is 4.39 Å². The van der Waals surface area contributed by atoms with Crippen molar-refractivity contribution in [1.82, 2.24) is 19.2 Å². The van der Waals surface area contributed by atoms with Crippen molar-refractivity contribution in [2.75, 3.05) is 0 Å². The van der Waals surface area contributed by atoms with Gasteiger partial charge in [-0.2, -0.15) is 0 Å². The lowest BCUT2D eigenvalue weighted by Crippen LogP contribution is -2.24. The second kappa shape index (κ2) is 6.83. The van der Waals surface area contributed by atoms with Gasteiger partial charge >= 0.3 is 0 Å². The summed E-state index contributed by atoms with van der Waals surface area (Å²) in [7, 11) is 0. The van der Waals surface area contributed by atoms with Crippen molar-refractivity contribution in [3.8, 4) is 11.4 Å². The fraction of sp³-hybridized carbons (Fsp3) is 0.0455. The number of nitrogens with zero attached hydrogens (tertiary/aromatic N) is 4. The van der Waals surface area contributed by atoms with E-state index in [2.05, 4.69) is 10.2 Å². The average molecular weight is 405 g/mol.